The van der Waals surface area contributed by atoms with E-state index in [0.29, 0.717) is 43.1 Å². The fraction of sp³-hybridized carbons (Fsp3) is 0.304. The summed E-state index contributed by atoms with van der Waals surface area (Å²) in [6.45, 7) is 6.18. The quantitative estimate of drug-likeness (QED) is 0.618. The lowest BCUT2D eigenvalue weighted by Gasteiger charge is -2.30. The summed E-state index contributed by atoms with van der Waals surface area (Å²) in [5.41, 5.74) is 4.07. The van der Waals surface area contributed by atoms with Crippen LogP contribution in [0.15, 0.2) is 47.3 Å². The molecule has 7 nitrogen and oxygen atoms in total. The third-order valence-electron chi connectivity index (χ3n) is 5.41. The van der Waals surface area contributed by atoms with Crippen molar-refractivity contribution in [3.8, 4) is 0 Å². The summed E-state index contributed by atoms with van der Waals surface area (Å²) in [7, 11) is 0. The lowest BCUT2D eigenvalue weighted by molar-refractivity contribution is 0.102. The van der Waals surface area contributed by atoms with Crippen molar-refractivity contribution < 1.29 is 14.6 Å². The monoisotopic (exact) mass is 407 g/mol. The number of carbonyl (C=O) groups is 1. The van der Waals surface area contributed by atoms with Gasteiger partial charge in [-0.25, -0.2) is 0 Å². The van der Waals surface area contributed by atoms with Gasteiger partial charge in [0.15, 0.2) is 0 Å². The van der Waals surface area contributed by atoms with Crippen molar-refractivity contribution in [3.63, 3.8) is 0 Å². The molecule has 1 aromatic heterocycles. The van der Waals surface area contributed by atoms with Gasteiger partial charge in [0.1, 0.15) is 0 Å². The van der Waals surface area contributed by atoms with Crippen molar-refractivity contribution in [2.45, 2.75) is 20.0 Å². The molecule has 1 unspecified atom stereocenters. The van der Waals surface area contributed by atoms with E-state index in [2.05, 4.69) is 15.2 Å². The van der Waals surface area contributed by atoms with E-state index in [-0.39, 0.29) is 11.5 Å². The smallest absolute Gasteiger partial charge is 0.257 e. The van der Waals surface area contributed by atoms with Crippen molar-refractivity contribution in [1.82, 2.24) is 4.98 Å². The third kappa shape index (κ3) is 4.08. The molecule has 2 heterocycles. The van der Waals surface area contributed by atoms with Crippen LogP contribution in [0.2, 0.25) is 0 Å². The molecule has 1 atom stereocenters. The van der Waals surface area contributed by atoms with E-state index < -0.39 is 6.10 Å². The van der Waals surface area contributed by atoms with Crippen LogP contribution in [0.1, 0.15) is 34.5 Å². The molecule has 0 aliphatic carbocycles. The second-order valence-electron chi connectivity index (χ2n) is 7.58. The Labute approximate surface area is 174 Å². The number of anilines is 2. The third-order valence-corrected chi connectivity index (χ3v) is 5.41. The maximum Gasteiger partial charge on any atom is 0.257 e. The van der Waals surface area contributed by atoms with Gasteiger partial charge < -0.3 is 25.0 Å². The van der Waals surface area contributed by atoms with Crippen LogP contribution in [0.4, 0.5) is 11.4 Å². The van der Waals surface area contributed by atoms with Crippen molar-refractivity contribution in [2.75, 3.05) is 36.5 Å². The van der Waals surface area contributed by atoms with Gasteiger partial charge in [-0.1, -0.05) is 6.07 Å². The number of aromatic amines is 1. The second-order valence-corrected chi connectivity index (χ2v) is 7.58. The van der Waals surface area contributed by atoms with Crippen molar-refractivity contribution >= 4 is 28.2 Å². The topological polar surface area (TPSA) is 94.7 Å². The lowest BCUT2D eigenvalue weighted by atomic mass is 10.0. The van der Waals surface area contributed by atoms with Gasteiger partial charge in [-0.15, -0.1) is 0 Å². The van der Waals surface area contributed by atoms with Crippen LogP contribution >= 0.6 is 0 Å². The highest BCUT2D eigenvalue weighted by Crippen LogP contribution is 2.27. The average Bonchev–Trinajstić information content (AvgIpc) is 2.74. The zero-order chi connectivity index (χ0) is 21.3. The zero-order valence-corrected chi connectivity index (χ0v) is 17.1. The molecule has 0 saturated carbocycles. The molecule has 0 radical (unpaired) electrons. The predicted molar refractivity (Wildman–Crippen MR) is 117 cm³/mol. The van der Waals surface area contributed by atoms with Crippen LogP contribution in [-0.2, 0) is 4.74 Å². The van der Waals surface area contributed by atoms with Gasteiger partial charge in [0.2, 0.25) is 5.56 Å². The van der Waals surface area contributed by atoms with Crippen LogP contribution in [0.5, 0.6) is 0 Å². The summed E-state index contributed by atoms with van der Waals surface area (Å²) >= 11 is 0. The van der Waals surface area contributed by atoms with E-state index in [4.69, 9.17) is 4.74 Å². The molecule has 3 N–H and O–H groups in total. The first kappa shape index (κ1) is 20.1. The number of aliphatic hydroxyl groups is 1. The van der Waals surface area contributed by atoms with Gasteiger partial charge >= 0.3 is 0 Å². The minimum Gasteiger partial charge on any atom is -0.389 e. The van der Waals surface area contributed by atoms with Gasteiger partial charge in [-0.3, -0.25) is 9.59 Å². The second kappa shape index (κ2) is 8.30. The maximum atomic E-state index is 13.2. The maximum absolute atomic E-state index is 13.2. The molecule has 1 fully saturated rings. The number of aryl methyl sites for hydroxylation is 1. The normalized spacial score (nSPS) is 15.2. The van der Waals surface area contributed by atoms with Crippen LogP contribution in [-0.4, -0.2) is 42.3 Å². The van der Waals surface area contributed by atoms with E-state index in [0.717, 1.165) is 22.2 Å². The summed E-state index contributed by atoms with van der Waals surface area (Å²) in [6, 6.07) is 12.4. The highest BCUT2D eigenvalue weighted by atomic mass is 16.5. The summed E-state index contributed by atoms with van der Waals surface area (Å²) < 4.78 is 5.43. The first-order valence-electron chi connectivity index (χ1n) is 10.0. The summed E-state index contributed by atoms with van der Waals surface area (Å²) in [5.74, 6) is -0.250. The molecule has 1 saturated heterocycles. The van der Waals surface area contributed by atoms with Crippen LogP contribution in [0.3, 0.4) is 0 Å². The van der Waals surface area contributed by atoms with Gasteiger partial charge in [-0.2, -0.15) is 0 Å². The Morgan fingerprint density at radius 2 is 1.93 bits per heavy atom. The van der Waals surface area contributed by atoms with Gasteiger partial charge in [0, 0.05) is 41.4 Å². The van der Waals surface area contributed by atoms with Gasteiger partial charge in [-0.05, 0) is 55.3 Å². The molecule has 2 aromatic carbocycles. The van der Waals surface area contributed by atoms with Crippen LogP contribution < -0.4 is 15.8 Å². The molecule has 1 amide bonds. The number of hydrogen-bond acceptors (Lipinski definition) is 5. The van der Waals surface area contributed by atoms with Crippen molar-refractivity contribution in [1.29, 1.82) is 0 Å². The molecule has 30 heavy (non-hydrogen) atoms. The fourth-order valence-electron chi connectivity index (χ4n) is 3.77. The highest BCUT2D eigenvalue weighted by Gasteiger charge is 2.20. The first-order chi connectivity index (χ1) is 14.4. The zero-order valence-electron chi connectivity index (χ0n) is 17.1. The van der Waals surface area contributed by atoms with E-state index in [1.165, 1.54) is 6.07 Å². The molecule has 0 bridgehead atoms. The number of hydrogen-bond donors (Lipinski definition) is 3. The Balaban J connectivity index is 1.69. The number of amides is 1. The Kier molecular flexibility index (Phi) is 5.57. The summed E-state index contributed by atoms with van der Waals surface area (Å²) in [4.78, 5) is 29.8. The Hall–Kier alpha value is -3.16. The number of ether oxygens (including phenoxy) is 1. The van der Waals surface area contributed by atoms with Gasteiger partial charge in [0.25, 0.3) is 5.91 Å². The molecule has 3 aromatic rings. The molecule has 1 aliphatic heterocycles. The van der Waals surface area contributed by atoms with E-state index in [1.807, 2.05) is 25.1 Å². The number of morpholine rings is 1. The number of H-pyrrole nitrogens is 1. The number of carbonyl (C=O) groups excluding carboxylic acids is 1. The first-order valence-corrected chi connectivity index (χ1v) is 10.0. The van der Waals surface area contributed by atoms with E-state index >= 15 is 0 Å². The number of fused-ring (bicyclic) bond motifs is 1. The van der Waals surface area contributed by atoms with Crippen LogP contribution in [0.25, 0.3) is 10.9 Å². The minimum atomic E-state index is -0.671. The standard InChI is InChI=1S/C23H25N3O4/c1-14-11-22(28)25-20-5-4-17(13-18(14)20)24-23(29)19-12-16(15(2)27)3-6-21(19)26-7-9-30-10-8-26/h3-6,11-13,15,27H,7-10H2,1-2H3,(H,24,29)(H,25,28). The Morgan fingerprint density at radius 3 is 2.67 bits per heavy atom. The number of nitrogens with zero attached hydrogens (tertiary/aromatic N) is 1. The number of rotatable bonds is 4. The molecular weight excluding hydrogens is 382 g/mol. The van der Waals surface area contributed by atoms with Gasteiger partial charge in [0.05, 0.1) is 24.9 Å². The Bertz CT molecular complexity index is 1150. The predicted octanol–water partition coefficient (Wildman–Crippen LogP) is 2.98. The minimum absolute atomic E-state index is 0.151. The summed E-state index contributed by atoms with van der Waals surface area (Å²) in [6.07, 6.45) is -0.671. The molecule has 156 valence electrons. The van der Waals surface area contributed by atoms with E-state index in [9.17, 15) is 14.7 Å². The van der Waals surface area contributed by atoms with Crippen molar-refractivity contribution in [2.24, 2.45) is 0 Å². The van der Waals surface area contributed by atoms with Crippen molar-refractivity contribution in [3.05, 3.63) is 69.5 Å². The number of benzene rings is 2. The molecule has 4 rings (SSSR count). The fourth-order valence-corrected chi connectivity index (χ4v) is 3.77. The SMILES string of the molecule is Cc1cc(=O)[nH]c2ccc(NC(=O)c3cc(C(C)O)ccc3N3CCOCC3)cc12. The Morgan fingerprint density at radius 1 is 1.17 bits per heavy atom. The highest BCUT2D eigenvalue weighted by molar-refractivity contribution is 6.09. The molecule has 1 aliphatic rings. The average molecular weight is 407 g/mol. The van der Waals surface area contributed by atoms with Crippen LogP contribution in [0, 0.1) is 6.92 Å². The number of aromatic nitrogens is 1. The summed E-state index contributed by atoms with van der Waals surface area (Å²) in [5, 5.41) is 13.8. The number of nitrogens with one attached hydrogen (secondary N) is 2. The van der Waals surface area contributed by atoms with E-state index in [1.54, 1.807) is 25.1 Å². The molecule has 7 heteroatoms. The number of aliphatic hydroxyl groups excluding tert-OH is 1. The lowest BCUT2D eigenvalue weighted by Crippen LogP contribution is -2.37. The largest absolute Gasteiger partial charge is 0.389 e. The molecular formula is C23H25N3O4. The number of pyridine rings is 1. The molecule has 0 spiro atoms.